The van der Waals surface area contributed by atoms with Crippen LogP contribution in [0.2, 0.25) is 0 Å². The van der Waals surface area contributed by atoms with Gasteiger partial charge in [-0.05, 0) is 25.0 Å². The van der Waals surface area contributed by atoms with E-state index in [2.05, 4.69) is 10.3 Å². The van der Waals surface area contributed by atoms with Crippen LogP contribution in [-0.2, 0) is 4.74 Å². The molecule has 1 aliphatic carbocycles. The average molecular weight is 250 g/mol. The number of hydrogen-bond donors (Lipinski definition) is 1. The second-order valence-corrected chi connectivity index (χ2v) is 4.36. The van der Waals surface area contributed by atoms with E-state index in [1.807, 2.05) is 0 Å². The number of aliphatic imine (C=N–C) groups is 1. The van der Waals surface area contributed by atoms with Gasteiger partial charge in [-0.25, -0.2) is 4.99 Å². The lowest BCUT2D eigenvalue weighted by Gasteiger charge is -2.18. The topological polar surface area (TPSA) is 63.8 Å². The highest BCUT2D eigenvalue weighted by molar-refractivity contribution is 6.02. The molecule has 5 heteroatoms. The number of amidine groups is 1. The van der Waals surface area contributed by atoms with Gasteiger partial charge in [0.1, 0.15) is 0 Å². The van der Waals surface area contributed by atoms with Crippen LogP contribution < -0.4 is 5.32 Å². The third kappa shape index (κ3) is 3.35. The number of furan rings is 1. The standard InChI is InChI=1S/C13H18N2O3/c1-17-13(14-10-6-3-2-4-7-10)15-12(16)11-8-5-9-18-11/h5,8-10H,2-4,6-7H2,1H3,(H,14,15,16). The molecular formula is C13H18N2O3. The number of ether oxygens (including phenoxy) is 1. The summed E-state index contributed by atoms with van der Waals surface area (Å²) in [5.41, 5.74) is 0. The fraction of sp³-hybridized carbons (Fsp3) is 0.538. The molecule has 1 aromatic rings. The lowest BCUT2D eigenvalue weighted by atomic mass is 9.96. The van der Waals surface area contributed by atoms with Crippen molar-refractivity contribution in [2.45, 2.75) is 38.1 Å². The van der Waals surface area contributed by atoms with Crippen molar-refractivity contribution >= 4 is 11.9 Å². The molecule has 0 radical (unpaired) electrons. The Balaban J connectivity index is 1.95. The van der Waals surface area contributed by atoms with E-state index in [1.165, 1.54) is 32.6 Å². The number of nitrogens with one attached hydrogen (secondary N) is 1. The summed E-state index contributed by atoms with van der Waals surface area (Å²) in [4.78, 5) is 16.2. The van der Waals surface area contributed by atoms with Crippen molar-refractivity contribution < 1.29 is 13.9 Å². The van der Waals surface area contributed by atoms with Crippen LogP contribution in [0.1, 0.15) is 42.7 Å². The second kappa shape index (κ2) is 6.23. The molecule has 0 spiro atoms. The molecule has 1 heterocycles. The van der Waals surface area contributed by atoms with Gasteiger partial charge in [-0.15, -0.1) is 0 Å². The molecule has 1 aromatic heterocycles. The van der Waals surface area contributed by atoms with Crippen LogP contribution >= 0.6 is 0 Å². The molecular weight excluding hydrogens is 232 g/mol. The summed E-state index contributed by atoms with van der Waals surface area (Å²) in [6, 6.07) is 3.79. The second-order valence-electron chi connectivity index (χ2n) is 4.36. The maximum absolute atomic E-state index is 11.8. The van der Waals surface area contributed by atoms with Crippen LogP contribution in [0.3, 0.4) is 0 Å². The molecule has 5 nitrogen and oxygen atoms in total. The highest BCUT2D eigenvalue weighted by Gasteiger charge is 2.16. The van der Waals surface area contributed by atoms with E-state index in [1.54, 1.807) is 12.1 Å². The van der Waals surface area contributed by atoms with Crippen molar-refractivity contribution in [3.05, 3.63) is 24.2 Å². The Morgan fingerprint density at radius 1 is 1.44 bits per heavy atom. The van der Waals surface area contributed by atoms with Crippen LogP contribution in [0.5, 0.6) is 0 Å². The van der Waals surface area contributed by atoms with E-state index in [9.17, 15) is 4.79 Å². The van der Waals surface area contributed by atoms with Gasteiger partial charge in [0.15, 0.2) is 5.76 Å². The SMILES string of the molecule is COC(=NC1CCCCC1)NC(=O)c1ccco1. The molecule has 1 aliphatic rings. The van der Waals surface area contributed by atoms with Crippen molar-refractivity contribution in [2.24, 2.45) is 4.99 Å². The van der Waals surface area contributed by atoms with Gasteiger partial charge >= 0.3 is 0 Å². The Bertz CT molecular complexity index is 406. The van der Waals surface area contributed by atoms with Gasteiger partial charge in [0.2, 0.25) is 0 Å². The zero-order valence-electron chi connectivity index (χ0n) is 10.5. The van der Waals surface area contributed by atoms with Crippen molar-refractivity contribution in [1.82, 2.24) is 5.32 Å². The summed E-state index contributed by atoms with van der Waals surface area (Å²) >= 11 is 0. The quantitative estimate of drug-likeness (QED) is 0.647. The van der Waals surface area contributed by atoms with Crippen LogP contribution in [0.4, 0.5) is 0 Å². The zero-order valence-corrected chi connectivity index (χ0v) is 10.5. The van der Waals surface area contributed by atoms with Crippen molar-refractivity contribution in [3.8, 4) is 0 Å². The first-order chi connectivity index (χ1) is 8.79. The summed E-state index contributed by atoms with van der Waals surface area (Å²) < 4.78 is 10.1. The molecule has 2 rings (SSSR count). The maximum atomic E-state index is 11.8. The molecule has 0 aromatic carbocycles. The summed E-state index contributed by atoms with van der Waals surface area (Å²) in [6.07, 6.45) is 7.23. The highest BCUT2D eigenvalue weighted by atomic mass is 16.5. The third-order valence-corrected chi connectivity index (χ3v) is 3.03. The van der Waals surface area contributed by atoms with Crippen LogP contribution in [-0.4, -0.2) is 25.1 Å². The molecule has 1 saturated carbocycles. The molecule has 1 N–H and O–H groups in total. The van der Waals surface area contributed by atoms with E-state index >= 15 is 0 Å². The lowest BCUT2D eigenvalue weighted by molar-refractivity contribution is 0.0941. The molecule has 0 bridgehead atoms. The number of methoxy groups -OCH3 is 1. The van der Waals surface area contributed by atoms with Gasteiger partial charge in [0, 0.05) is 0 Å². The highest BCUT2D eigenvalue weighted by Crippen LogP contribution is 2.20. The van der Waals surface area contributed by atoms with E-state index in [0.29, 0.717) is 0 Å². The fourth-order valence-corrected chi connectivity index (χ4v) is 2.08. The largest absolute Gasteiger partial charge is 0.468 e. The van der Waals surface area contributed by atoms with Crippen LogP contribution in [0.15, 0.2) is 27.8 Å². The number of carbonyl (C=O) groups is 1. The van der Waals surface area contributed by atoms with Gasteiger partial charge in [0.25, 0.3) is 11.9 Å². The molecule has 18 heavy (non-hydrogen) atoms. The molecule has 0 atom stereocenters. The number of nitrogens with zero attached hydrogens (tertiary/aromatic N) is 1. The molecule has 98 valence electrons. The Morgan fingerprint density at radius 3 is 2.83 bits per heavy atom. The van der Waals surface area contributed by atoms with Crippen LogP contribution in [0, 0.1) is 0 Å². The minimum atomic E-state index is -0.337. The Kier molecular flexibility index (Phi) is 4.39. The Morgan fingerprint density at radius 2 is 2.22 bits per heavy atom. The van der Waals surface area contributed by atoms with Crippen LogP contribution in [0.25, 0.3) is 0 Å². The molecule has 0 unspecified atom stereocenters. The summed E-state index contributed by atoms with van der Waals surface area (Å²) in [5.74, 6) is -0.0835. The van der Waals surface area contributed by atoms with Gasteiger partial charge in [0.05, 0.1) is 19.4 Å². The van der Waals surface area contributed by atoms with Crippen molar-refractivity contribution in [2.75, 3.05) is 7.11 Å². The normalized spacial score (nSPS) is 17.5. The average Bonchev–Trinajstić information content (AvgIpc) is 2.93. The lowest BCUT2D eigenvalue weighted by Crippen LogP contribution is -2.33. The summed E-state index contributed by atoms with van der Waals surface area (Å²) in [7, 11) is 1.50. The Hall–Kier alpha value is -1.78. The van der Waals surface area contributed by atoms with Crippen molar-refractivity contribution in [3.63, 3.8) is 0 Å². The first kappa shape index (κ1) is 12.7. The Labute approximate surface area is 106 Å². The molecule has 0 saturated heterocycles. The minimum absolute atomic E-state index is 0.253. The van der Waals surface area contributed by atoms with Crippen molar-refractivity contribution in [1.29, 1.82) is 0 Å². The van der Waals surface area contributed by atoms with E-state index in [4.69, 9.17) is 9.15 Å². The predicted octanol–water partition coefficient (Wildman–Crippen LogP) is 2.34. The number of hydrogen-bond acceptors (Lipinski definition) is 4. The molecule has 0 aliphatic heterocycles. The molecule has 1 fully saturated rings. The third-order valence-electron chi connectivity index (χ3n) is 3.03. The molecule has 1 amide bonds. The summed E-state index contributed by atoms with van der Waals surface area (Å²) in [5, 5.41) is 2.61. The zero-order chi connectivity index (χ0) is 12.8. The number of carbonyl (C=O) groups excluding carboxylic acids is 1. The van der Waals surface area contributed by atoms with Gasteiger partial charge in [-0.2, -0.15) is 0 Å². The predicted molar refractivity (Wildman–Crippen MR) is 67.5 cm³/mol. The first-order valence-corrected chi connectivity index (χ1v) is 6.26. The van der Waals surface area contributed by atoms with E-state index < -0.39 is 0 Å². The monoisotopic (exact) mass is 250 g/mol. The fourth-order valence-electron chi connectivity index (χ4n) is 2.08. The maximum Gasteiger partial charge on any atom is 0.294 e. The number of rotatable bonds is 2. The minimum Gasteiger partial charge on any atom is -0.468 e. The summed E-state index contributed by atoms with van der Waals surface area (Å²) in [6.45, 7) is 0. The first-order valence-electron chi connectivity index (χ1n) is 6.26. The van der Waals surface area contributed by atoms with Gasteiger partial charge < -0.3 is 9.15 Å². The van der Waals surface area contributed by atoms with Gasteiger partial charge in [-0.3, -0.25) is 10.1 Å². The van der Waals surface area contributed by atoms with E-state index in [0.717, 1.165) is 12.8 Å². The smallest absolute Gasteiger partial charge is 0.294 e. The van der Waals surface area contributed by atoms with Gasteiger partial charge in [-0.1, -0.05) is 19.3 Å². The van der Waals surface area contributed by atoms with E-state index in [-0.39, 0.29) is 23.7 Å². The number of amides is 1.